The lowest BCUT2D eigenvalue weighted by molar-refractivity contribution is -0.0727. The fourth-order valence-corrected chi connectivity index (χ4v) is 6.04. The minimum atomic E-state index is -0.911. The summed E-state index contributed by atoms with van der Waals surface area (Å²) in [5.74, 6) is 0.756. The number of aromatic nitrogens is 2. The Kier molecular flexibility index (Phi) is 5.14. The van der Waals surface area contributed by atoms with Gasteiger partial charge in [0.15, 0.2) is 0 Å². The molecular formula is C24H25Cl2N3O. The molecule has 3 aromatic rings. The molecule has 2 atom stereocenters. The van der Waals surface area contributed by atoms with Crippen LogP contribution in [0, 0.1) is 0 Å². The van der Waals surface area contributed by atoms with Crippen LogP contribution in [0.3, 0.4) is 0 Å². The van der Waals surface area contributed by atoms with Gasteiger partial charge < -0.3 is 9.67 Å². The first-order valence-corrected chi connectivity index (χ1v) is 11.2. The van der Waals surface area contributed by atoms with Gasteiger partial charge in [-0.1, -0.05) is 59.6 Å². The third-order valence-corrected chi connectivity index (χ3v) is 7.45. The van der Waals surface area contributed by atoms with Gasteiger partial charge in [-0.25, -0.2) is 4.98 Å². The van der Waals surface area contributed by atoms with Crippen molar-refractivity contribution in [3.8, 4) is 0 Å². The van der Waals surface area contributed by atoms with Gasteiger partial charge in [-0.15, -0.1) is 0 Å². The van der Waals surface area contributed by atoms with E-state index in [4.69, 9.17) is 23.2 Å². The second kappa shape index (κ2) is 7.69. The number of aryl methyl sites for hydroxylation is 1. The highest BCUT2D eigenvalue weighted by Crippen LogP contribution is 2.51. The maximum atomic E-state index is 11.6. The lowest BCUT2D eigenvalue weighted by atomic mass is 9.82. The zero-order valence-corrected chi connectivity index (χ0v) is 18.4. The van der Waals surface area contributed by atoms with Crippen LogP contribution in [-0.2, 0) is 12.6 Å². The van der Waals surface area contributed by atoms with Crippen LogP contribution in [0.15, 0.2) is 60.9 Å². The lowest BCUT2D eigenvalue weighted by Gasteiger charge is -2.47. The van der Waals surface area contributed by atoms with Crippen LogP contribution in [0.25, 0.3) is 0 Å². The first-order valence-electron chi connectivity index (χ1n) is 10.4. The first kappa shape index (κ1) is 20.1. The minimum absolute atomic E-state index is 0.0455. The second-order valence-electron chi connectivity index (χ2n) is 8.58. The van der Waals surface area contributed by atoms with Crippen molar-refractivity contribution in [1.29, 1.82) is 0 Å². The van der Waals surface area contributed by atoms with Gasteiger partial charge in [0.25, 0.3) is 0 Å². The molecule has 2 unspecified atom stereocenters. The van der Waals surface area contributed by atoms with E-state index in [0.29, 0.717) is 12.8 Å². The monoisotopic (exact) mass is 441 g/mol. The molecular weight excluding hydrogens is 417 g/mol. The SMILES string of the molecule is Cn1ccnc1C1(O)CC2CCC(C1)N2C(c1ccccc1Cl)c1ccccc1Cl. The number of aliphatic hydroxyl groups is 1. The number of fused-ring (bicyclic) bond motifs is 2. The van der Waals surface area contributed by atoms with Crippen molar-refractivity contribution in [2.75, 3.05) is 0 Å². The van der Waals surface area contributed by atoms with Crippen LogP contribution in [0.5, 0.6) is 0 Å². The van der Waals surface area contributed by atoms with E-state index < -0.39 is 5.60 Å². The van der Waals surface area contributed by atoms with Crippen molar-refractivity contribution in [3.05, 3.63) is 87.9 Å². The maximum absolute atomic E-state index is 11.6. The van der Waals surface area contributed by atoms with E-state index in [-0.39, 0.29) is 18.1 Å². The van der Waals surface area contributed by atoms with Crippen molar-refractivity contribution in [3.63, 3.8) is 0 Å². The molecule has 0 saturated carbocycles. The Balaban J connectivity index is 1.58. The van der Waals surface area contributed by atoms with Crippen molar-refractivity contribution >= 4 is 23.2 Å². The maximum Gasteiger partial charge on any atom is 0.140 e. The molecule has 0 radical (unpaired) electrons. The number of imidazole rings is 1. The summed E-state index contributed by atoms with van der Waals surface area (Å²) in [6, 6.07) is 16.4. The van der Waals surface area contributed by atoms with E-state index in [9.17, 15) is 5.11 Å². The smallest absolute Gasteiger partial charge is 0.140 e. The van der Waals surface area contributed by atoms with Gasteiger partial charge in [-0.05, 0) is 48.9 Å². The summed E-state index contributed by atoms with van der Waals surface area (Å²) in [7, 11) is 1.95. The van der Waals surface area contributed by atoms with Crippen molar-refractivity contribution < 1.29 is 5.11 Å². The zero-order valence-electron chi connectivity index (χ0n) is 16.9. The summed E-state index contributed by atoms with van der Waals surface area (Å²) >= 11 is 13.4. The molecule has 3 heterocycles. The summed E-state index contributed by atoms with van der Waals surface area (Å²) in [5, 5.41) is 13.1. The molecule has 2 bridgehead atoms. The van der Waals surface area contributed by atoms with Crippen LogP contribution in [0.1, 0.15) is 48.7 Å². The molecule has 156 valence electrons. The quantitative estimate of drug-likeness (QED) is 0.594. The standard InChI is InChI=1S/C24H25Cl2N3O/c1-28-13-12-27-23(28)24(30)14-16-10-11-17(15-24)29(16)22(18-6-2-4-8-20(18)25)19-7-3-5-9-21(19)26/h2-9,12-13,16-17,22,30H,10-11,14-15H2,1H3. The van der Waals surface area contributed by atoms with E-state index in [1.165, 1.54) is 0 Å². The van der Waals surface area contributed by atoms with Gasteiger partial charge >= 0.3 is 0 Å². The Morgan fingerprint density at radius 2 is 1.50 bits per heavy atom. The fourth-order valence-electron chi connectivity index (χ4n) is 5.56. The number of piperidine rings is 1. The third-order valence-electron chi connectivity index (χ3n) is 6.76. The average molecular weight is 442 g/mol. The number of hydrogen-bond donors (Lipinski definition) is 1. The number of rotatable bonds is 4. The van der Waals surface area contributed by atoms with Crippen molar-refractivity contribution in [2.24, 2.45) is 7.05 Å². The third kappa shape index (κ3) is 3.27. The van der Waals surface area contributed by atoms with E-state index in [0.717, 1.165) is 39.8 Å². The Morgan fingerprint density at radius 1 is 0.967 bits per heavy atom. The summed E-state index contributed by atoms with van der Waals surface area (Å²) in [5.41, 5.74) is 1.21. The molecule has 6 heteroatoms. The van der Waals surface area contributed by atoms with Crippen LogP contribution in [0.4, 0.5) is 0 Å². The molecule has 4 nitrogen and oxygen atoms in total. The Bertz CT molecular complexity index is 1010. The fraction of sp³-hybridized carbons (Fsp3) is 0.375. The summed E-state index contributed by atoms with van der Waals surface area (Å²) < 4.78 is 1.94. The minimum Gasteiger partial charge on any atom is -0.382 e. The van der Waals surface area contributed by atoms with Crippen LogP contribution < -0.4 is 0 Å². The van der Waals surface area contributed by atoms with Crippen molar-refractivity contribution in [1.82, 2.24) is 14.5 Å². The van der Waals surface area contributed by atoms with Crippen LogP contribution in [0.2, 0.25) is 10.0 Å². The molecule has 0 aliphatic carbocycles. The summed E-state index contributed by atoms with van der Waals surface area (Å²) in [4.78, 5) is 7.02. The summed E-state index contributed by atoms with van der Waals surface area (Å²) in [6.45, 7) is 0. The number of benzene rings is 2. The molecule has 2 fully saturated rings. The Labute approximate surface area is 187 Å². The van der Waals surface area contributed by atoms with Gasteiger partial charge in [0.2, 0.25) is 0 Å². The van der Waals surface area contributed by atoms with Gasteiger partial charge in [0.1, 0.15) is 11.4 Å². The van der Waals surface area contributed by atoms with Crippen molar-refractivity contribution in [2.45, 2.75) is 49.4 Å². The Hall–Kier alpha value is -1.85. The highest BCUT2D eigenvalue weighted by molar-refractivity contribution is 6.32. The molecule has 2 aliphatic rings. The largest absolute Gasteiger partial charge is 0.382 e. The molecule has 0 amide bonds. The number of halogens is 2. The molecule has 2 aromatic carbocycles. The second-order valence-corrected chi connectivity index (χ2v) is 9.39. The molecule has 30 heavy (non-hydrogen) atoms. The van der Waals surface area contributed by atoms with Gasteiger partial charge in [-0.3, -0.25) is 4.90 Å². The molecule has 1 N–H and O–H groups in total. The van der Waals surface area contributed by atoms with Gasteiger partial charge in [0, 0.05) is 41.6 Å². The molecule has 2 aliphatic heterocycles. The summed E-state index contributed by atoms with van der Waals surface area (Å²) in [6.07, 6.45) is 7.06. The van der Waals surface area contributed by atoms with Crippen LogP contribution >= 0.6 is 23.2 Å². The molecule has 2 saturated heterocycles. The van der Waals surface area contributed by atoms with Gasteiger partial charge in [0.05, 0.1) is 6.04 Å². The number of nitrogens with zero attached hydrogens (tertiary/aromatic N) is 3. The zero-order chi connectivity index (χ0) is 20.9. The van der Waals surface area contributed by atoms with Crippen LogP contribution in [-0.4, -0.2) is 31.6 Å². The average Bonchev–Trinajstić information content (AvgIpc) is 3.27. The highest BCUT2D eigenvalue weighted by Gasteiger charge is 2.52. The number of hydrogen-bond acceptors (Lipinski definition) is 3. The predicted octanol–water partition coefficient (Wildman–Crippen LogP) is 5.33. The normalized spacial score (nSPS) is 26.4. The molecule has 5 rings (SSSR count). The van der Waals surface area contributed by atoms with E-state index in [1.807, 2.05) is 54.2 Å². The molecule has 0 spiro atoms. The Morgan fingerprint density at radius 3 is 1.97 bits per heavy atom. The first-order chi connectivity index (χ1) is 14.5. The topological polar surface area (TPSA) is 41.3 Å². The van der Waals surface area contributed by atoms with E-state index >= 15 is 0 Å². The lowest BCUT2D eigenvalue weighted by Crippen LogP contribution is -2.51. The highest BCUT2D eigenvalue weighted by atomic mass is 35.5. The van der Waals surface area contributed by atoms with Gasteiger partial charge in [-0.2, -0.15) is 0 Å². The molecule has 1 aromatic heterocycles. The predicted molar refractivity (Wildman–Crippen MR) is 120 cm³/mol. The van der Waals surface area contributed by atoms with E-state index in [1.54, 1.807) is 6.20 Å². The van der Waals surface area contributed by atoms with E-state index in [2.05, 4.69) is 22.0 Å².